The number of hydrogen-bond donors (Lipinski definition) is 2. The summed E-state index contributed by atoms with van der Waals surface area (Å²) >= 11 is 6.20. The molecule has 1 aliphatic rings. The van der Waals surface area contributed by atoms with Gasteiger partial charge in [0.15, 0.2) is 17.2 Å². The zero-order valence-electron chi connectivity index (χ0n) is 20.2. The molecule has 1 atom stereocenters. The van der Waals surface area contributed by atoms with Crippen molar-refractivity contribution in [3.8, 4) is 0 Å². The maximum Gasteiger partial charge on any atom is 0.265 e. The molecule has 13 heteroatoms. The summed E-state index contributed by atoms with van der Waals surface area (Å²) in [5.74, 6) is -4.25. The number of carbonyl (C=O) groups excluding carboxylic acids is 1. The number of Topliss-reactive ketones (excluding diaryl/α,β-unsaturated/α-hetero) is 1. The van der Waals surface area contributed by atoms with Gasteiger partial charge < -0.3 is 10.5 Å². The zero-order valence-corrected chi connectivity index (χ0v) is 21.8. The van der Waals surface area contributed by atoms with Gasteiger partial charge in [0, 0.05) is 16.8 Å². The lowest BCUT2D eigenvalue weighted by Crippen LogP contribution is -2.33. The fourth-order valence-electron chi connectivity index (χ4n) is 4.02. The van der Waals surface area contributed by atoms with E-state index in [1.165, 1.54) is 12.3 Å². The molecule has 3 N–H and O–H groups in total. The monoisotopic (exact) mass is 566 g/mol. The third kappa shape index (κ3) is 5.18. The number of ether oxygens (including phenoxy) is 1. The number of nitrogen functional groups attached to an aromatic ring is 1. The average molecular weight is 567 g/mol. The SMILES string of the molecule is CCCCC1(C)OC(c2ccnc(N)n2)=C(c2cc(Cl)cc(NS(=O)(=O)c3cc(F)ccc3F)c2F)C1=O. The van der Waals surface area contributed by atoms with Gasteiger partial charge in [0.05, 0.1) is 11.3 Å². The number of unbranched alkanes of at least 4 members (excludes halogenated alkanes) is 1. The zero-order chi connectivity index (χ0) is 27.8. The van der Waals surface area contributed by atoms with Crippen molar-refractivity contribution in [3.05, 3.63) is 76.3 Å². The van der Waals surface area contributed by atoms with E-state index >= 15 is 4.39 Å². The van der Waals surface area contributed by atoms with Crippen LogP contribution in [0.1, 0.15) is 44.4 Å². The summed E-state index contributed by atoms with van der Waals surface area (Å²) in [4.78, 5) is 20.5. The molecule has 0 fully saturated rings. The first-order valence-electron chi connectivity index (χ1n) is 11.4. The minimum absolute atomic E-state index is 0.0890. The summed E-state index contributed by atoms with van der Waals surface area (Å²) < 4.78 is 77.3. The lowest BCUT2D eigenvalue weighted by atomic mass is 9.88. The topological polar surface area (TPSA) is 124 Å². The molecule has 200 valence electrons. The summed E-state index contributed by atoms with van der Waals surface area (Å²) in [5, 5.41) is -0.150. The van der Waals surface area contributed by atoms with E-state index in [9.17, 15) is 22.0 Å². The Morgan fingerprint density at radius 1 is 1.16 bits per heavy atom. The summed E-state index contributed by atoms with van der Waals surface area (Å²) in [6.45, 7) is 3.49. The number of nitrogens with one attached hydrogen (secondary N) is 1. The molecule has 8 nitrogen and oxygen atoms in total. The first-order chi connectivity index (χ1) is 17.9. The third-order valence-corrected chi connectivity index (χ3v) is 7.51. The predicted molar refractivity (Wildman–Crippen MR) is 136 cm³/mol. The summed E-state index contributed by atoms with van der Waals surface area (Å²) in [6.07, 6.45) is 3.01. The molecular formula is C25H22ClF3N4O4S. The van der Waals surface area contributed by atoms with E-state index in [0.717, 1.165) is 24.6 Å². The van der Waals surface area contributed by atoms with Crippen molar-refractivity contribution < 1.29 is 31.1 Å². The molecule has 0 saturated heterocycles. The normalized spacial score (nSPS) is 17.6. The van der Waals surface area contributed by atoms with Crippen LogP contribution in [0.5, 0.6) is 0 Å². The molecule has 0 bridgehead atoms. The van der Waals surface area contributed by atoms with Crippen LogP contribution in [-0.4, -0.2) is 29.8 Å². The molecular weight excluding hydrogens is 545 g/mol. The molecule has 1 aliphatic heterocycles. The Morgan fingerprint density at radius 3 is 2.58 bits per heavy atom. The second kappa shape index (κ2) is 10.3. The highest BCUT2D eigenvalue weighted by molar-refractivity contribution is 7.92. The van der Waals surface area contributed by atoms with Crippen LogP contribution in [0.2, 0.25) is 5.02 Å². The van der Waals surface area contributed by atoms with Crippen molar-refractivity contribution >= 4 is 50.4 Å². The number of aromatic nitrogens is 2. The Morgan fingerprint density at radius 2 is 1.89 bits per heavy atom. The van der Waals surface area contributed by atoms with Crippen LogP contribution in [0.4, 0.5) is 24.8 Å². The van der Waals surface area contributed by atoms with Crippen molar-refractivity contribution in [2.24, 2.45) is 0 Å². The van der Waals surface area contributed by atoms with E-state index in [1.54, 1.807) is 6.92 Å². The summed E-state index contributed by atoms with van der Waals surface area (Å²) in [5.41, 5.74) is 3.12. The summed E-state index contributed by atoms with van der Waals surface area (Å²) in [7, 11) is -4.80. The van der Waals surface area contributed by atoms with Gasteiger partial charge in [-0.1, -0.05) is 24.9 Å². The number of anilines is 2. The Kier molecular flexibility index (Phi) is 7.39. The maximum atomic E-state index is 15.9. The lowest BCUT2D eigenvalue weighted by Gasteiger charge is -2.23. The second-order valence-electron chi connectivity index (χ2n) is 8.76. The van der Waals surface area contributed by atoms with Gasteiger partial charge >= 0.3 is 0 Å². The van der Waals surface area contributed by atoms with Crippen LogP contribution in [-0.2, 0) is 19.6 Å². The molecule has 0 amide bonds. The van der Waals surface area contributed by atoms with E-state index < -0.39 is 49.4 Å². The van der Waals surface area contributed by atoms with Gasteiger partial charge in [-0.2, -0.15) is 0 Å². The molecule has 0 aliphatic carbocycles. The minimum atomic E-state index is -4.80. The maximum absolute atomic E-state index is 15.9. The highest BCUT2D eigenvalue weighted by Gasteiger charge is 2.47. The third-order valence-electron chi connectivity index (χ3n) is 5.91. The number of halogens is 4. The van der Waals surface area contributed by atoms with E-state index in [1.807, 2.05) is 11.6 Å². The second-order valence-corrected chi connectivity index (χ2v) is 10.9. The number of benzene rings is 2. The largest absolute Gasteiger partial charge is 0.476 e. The van der Waals surface area contributed by atoms with Crippen LogP contribution in [0, 0.1) is 17.5 Å². The molecule has 3 aromatic rings. The Labute approximate surface area is 221 Å². The Balaban J connectivity index is 1.88. The fourth-order valence-corrected chi connectivity index (χ4v) is 5.38. The Bertz CT molecular complexity index is 1580. The fraction of sp³-hybridized carbons (Fsp3) is 0.240. The van der Waals surface area contributed by atoms with Crippen LogP contribution < -0.4 is 10.5 Å². The smallest absolute Gasteiger partial charge is 0.265 e. The van der Waals surface area contributed by atoms with Crippen molar-refractivity contribution in [2.45, 2.75) is 43.6 Å². The predicted octanol–water partition coefficient (Wildman–Crippen LogP) is 5.35. The van der Waals surface area contributed by atoms with Crippen molar-refractivity contribution in [3.63, 3.8) is 0 Å². The first kappa shape index (κ1) is 27.4. The number of sulfonamides is 1. The average Bonchev–Trinajstić information content (AvgIpc) is 3.12. The molecule has 2 heterocycles. The number of nitrogens with zero attached hydrogens (tertiary/aromatic N) is 2. The quantitative estimate of drug-likeness (QED) is 0.377. The highest BCUT2D eigenvalue weighted by atomic mass is 35.5. The number of carbonyl (C=O) groups is 1. The van der Waals surface area contributed by atoms with Gasteiger partial charge in [-0.15, -0.1) is 0 Å². The van der Waals surface area contributed by atoms with Crippen molar-refractivity contribution in [2.75, 3.05) is 10.5 Å². The molecule has 1 unspecified atom stereocenters. The number of hydrogen-bond acceptors (Lipinski definition) is 7. The molecule has 0 spiro atoms. The number of ketones is 1. The molecule has 0 radical (unpaired) electrons. The van der Waals surface area contributed by atoms with Crippen LogP contribution >= 0.6 is 11.6 Å². The van der Waals surface area contributed by atoms with Gasteiger partial charge in [-0.25, -0.2) is 31.6 Å². The molecule has 1 aromatic heterocycles. The molecule has 38 heavy (non-hydrogen) atoms. The van der Waals surface area contributed by atoms with Crippen LogP contribution in [0.3, 0.4) is 0 Å². The lowest BCUT2D eigenvalue weighted by molar-refractivity contribution is -0.127. The number of nitrogens with two attached hydrogens (primary N) is 1. The van der Waals surface area contributed by atoms with Gasteiger partial charge in [0.1, 0.15) is 22.2 Å². The van der Waals surface area contributed by atoms with Gasteiger partial charge in [-0.3, -0.25) is 9.52 Å². The molecule has 0 saturated carbocycles. The Hall–Kier alpha value is -3.64. The van der Waals surface area contributed by atoms with E-state index in [0.29, 0.717) is 25.0 Å². The van der Waals surface area contributed by atoms with Crippen LogP contribution in [0.15, 0.2) is 47.5 Å². The summed E-state index contributed by atoms with van der Waals surface area (Å²) in [6, 6.07) is 5.30. The van der Waals surface area contributed by atoms with Gasteiger partial charge in [0.25, 0.3) is 10.0 Å². The molecule has 2 aromatic carbocycles. The van der Waals surface area contributed by atoms with Crippen molar-refractivity contribution in [1.29, 1.82) is 0 Å². The van der Waals surface area contributed by atoms with Gasteiger partial charge in [-0.05, 0) is 56.2 Å². The minimum Gasteiger partial charge on any atom is -0.476 e. The first-order valence-corrected chi connectivity index (χ1v) is 13.3. The molecule has 4 rings (SSSR count). The van der Waals surface area contributed by atoms with E-state index in [4.69, 9.17) is 22.1 Å². The standard InChI is InChI=1S/C25H22ClF3N4O4S/c1-3-4-8-25(2)23(34)20(22(37-25)17-7-9-31-24(30)32-17)15-10-13(26)11-18(21(15)29)33-38(35,36)19-12-14(27)5-6-16(19)28/h5-7,9-12,33H,3-4,8H2,1-2H3,(H2,30,31,32). The van der Waals surface area contributed by atoms with E-state index in [2.05, 4.69) is 9.97 Å². The van der Waals surface area contributed by atoms with Crippen molar-refractivity contribution in [1.82, 2.24) is 9.97 Å². The highest BCUT2D eigenvalue weighted by Crippen LogP contribution is 2.45. The van der Waals surface area contributed by atoms with E-state index in [-0.39, 0.29) is 33.6 Å². The number of rotatable bonds is 8. The van der Waals surface area contributed by atoms with Crippen LogP contribution in [0.25, 0.3) is 11.3 Å². The van der Waals surface area contributed by atoms with Gasteiger partial charge in [0.2, 0.25) is 11.7 Å².